The third kappa shape index (κ3) is 4.31. The molecule has 9 heteroatoms. The van der Waals surface area contributed by atoms with E-state index in [2.05, 4.69) is 0 Å². The summed E-state index contributed by atoms with van der Waals surface area (Å²) >= 11 is 0. The minimum Gasteiger partial charge on any atom is -0.388 e. The molecule has 0 saturated carbocycles. The van der Waals surface area contributed by atoms with Gasteiger partial charge in [0.2, 0.25) is 0 Å². The van der Waals surface area contributed by atoms with Crippen LogP contribution in [0.2, 0.25) is 0 Å². The standard InChI is InChI=1S/C18H33NO8/c1-7-21-15(22-8-2)9(19)10(20)11-12-13(25-17(3,4)24-12)14-16(23-11)27-18(5,6)26-14/h9-16,20H,7-8,19H2,1-6H3/t9-,10-,11-,12+,13+,14-,16-/m1/s1. The van der Waals surface area contributed by atoms with E-state index >= 15 is 0 Å². The maximum Gasteiger partial charge on any atom is 0.190 e. The first kappa shape index (κ1) is 21.4. The summed E-state index contributed by atoms with van der Waals surface area (Å²) in [5.41, 5.74) is 6.26. The summed E-state index contributed by atoms with van der Waals surface area (Å²) in [6, 6.07) is -0.838. The second kappa shape index (κ2) is 7.81. The number of aliphatic hydroxyl groups is 1. The Bertz CT molecular complexity index is 510. The van der Waals surface area contributed by atoms with E-state index in [1.54, 1.807) is 0 Å². The van der Waals surface area contributed by atoms with Crippen molar-refractivity contribution in [3.05, 3.63) is 0 Å². The van der Waals surface area contributed by atoms with E-state index in [0.29, 0.717) is 13.2 Å². The first-order valence-corrected chi connectivity index (χ1v) is 9.62. The first-order chi connectivity index (χ1) is 12.6. The number of ether oxygens (including phenoxy) is 7. The summed E-state index contributed by atoms with van der Waals surface area (Å²) in [5, 5.41) is 11.0. The van der Waals surface area contributed by atoms with Crippen molar-refractivity contribution in [3.63, 3.8) is 0 Å². The van der Waals surface area contributed by atoms with Crippen molar-refractivity contribution in [2.75, 3.05) is 13.2 Å². The van der Waals surface area contributed by atoms with Gasteiger partial charge in [-0.3, -0.25) is 0 Å². The molecule has 0 aromatic heterocycles. The van der Waals surface area contributed by atoms with Crippen molar-refractivity contribution >= 4 is 0 Å². The van der Waals surface area contributed by atoms with E-state index < -0.39 is 60.7 Å². The molecule has 0 unspecified atom stereocenters. The molecule has 3 heterocycles. The van der Waals surface area contributed by atoms with E-state index in [1.807, 2.05) is 41.5 Å². The van der Waals surface area contributed by atoms with Crippen LogP contribution in [0.4, 0.5) is 0 Å². The van der Waals surface area contributed by atoms with Crippen LogP contribution in [0.5, 0.6) is 0 Å². The van der Waals surface area contributed by atoms with Crippen LogP contribution in [0.25, 0.3) is 0 Å². The molecule has 0 radical (unpaired) electrons. The number of aliphatic hydroxyl groups excluding tert-OH is 1. The zero-order chi connectivity index (χ0) is 20.0. The maximum absolute atomic E-state index is 11.0. The molecule has 0 aromatic carbocycles. The lowest BCUT2D eigenvalue weighted by Crippen LogP contribution is -2.63. The Morgan fingerprint density at radius 1 is 0.889 bits per heavy atom. The molecule has 3 fully saturated rings. The lowest BCUT2D eigenvalue weighted by atomic mass is 9.92. The molecule has 0 spiro atoms. The van der Waals surface area contributed by atoms with Gasteiger partial charge in [0.25, 0.3) is 0 Å². The summed E-state index contributed by atoms with van der Waals surface area (Å²) in [4.78, 5) is 0. The van der Waals surface area contributed by atoms with Crippen molar-refractivity contribution in [1.29, 1.82) is 0 Å². The highest BCUT2D eigenvalue weighted by Gasteiger charge is 2.62. The highest BCUT2D eigenvalue weighted by atomic mass is 16.9. The Balaban J connectivity index is 1.81. The van der Waals surface area contributed by atoms with Gasteiger partial charge in [0.05, 0.1) is 6.04 Å². The van der Waals surface area contributed by atoms with Gasteiger partial charge in [0.1, 0.15) is 30.5 Å². The number of rotatable bonds is 7. The normalized spacial score (nSPS) is 39.2. The van der Waals surface area contributed by atoms with Gasteiger partial charge < -0.3 is 44.0 Å². The van der Waals surface area contributed by atoms with Crippen LogP contribution >= 0.6 is 0 Å². The highest BCUT2D eigenvalue weighted by Crippen LogP contribution is 2.45. The fraction of sp³-hybridized carbons (Fsp3) is 1.00. The van der Waals surface area contributed by atoms with Gasteiger partial charge >= 0.3 is 0 Å². The maximum atomic E-state index is 11.0. The highest BCUT2D eigenvalue weighted by molar-refractivity contribution is 5.03. The van der Waals surface area contributed by atoms with Gasteiger partial charge in [-0.1, -0.05) is 0 Å². The largest absolute Gasteiger partial charge is 0.388 e. The quantitative estimate of drug-likeness (QED) is 0.598. The van der Waals surface area contributed by atoms with Gasteiger partial charge in [0, 0.05) is 13.2 Å². The van der Waals surface area contributed by atoms with E-state index in [1.165, 1.54) is 0 Å². The van der Waals surface area contributed by atoms with Crippen molar-refractivity contribution in [2.45, 2.75) is 102 Å². The second-order valence-corrected chi connectivity index (χ2v) is 7.98. The summed E-state index contributed by atoms with van der Waals surface area (Å²) in [7, 11) is 0. The molecule has 0 aromatic rings. The molecule has 3 aliphatic rings. The van der Waals surface area contributed by atoms with Gasteiger partial charge in [-0.15, -0.1) is 0 Å². The minimum atomic E-state index is -1.12. The lowest BCUT2D eigenvalue weighted by Gasteiger charge is -2.41. The molecule has 27 heavy (non-hydrogen) atoms. The van der Waals surface area contributed by atoms with Gasteiger partial charge in [0.15, 0.2) is 24.2 Å². The Morgan fingerprint density at radius 2 is 1.41 bits per heavy atom. The first-order valence-electron chi connectivity index (χ1n) is 9.62. The fourth-order valence-corrected chi connectivity index (χ4v) is 3.90. The topological polar surface area (TPSA) is 111 Å². The minimum absolute atomic E-state index is 0.408. The lowest BCUT2D eigenvalue weighted by molar-refractivity contribution is -0.263. The van der Waals surface area contributed by atoms with Crippen LogP contribution < -0.4 is 5.73 Å². The van der Waals surface area contributed by atoms with Crippen LogP contribution in [0.15, 0.2) is 0 Å². The number of fused-ring (bicyclic) bond motifs is 3. The summed E-state index contributed by atoms with van der Waals surface area (Å²) in [6.45, 7) is 11.7. The predicted molar refractivity (Wildman–Crippen MR) is 93.5 cm³/mol. The van der Waals surface area contributed by atoms with Crippen molar-refractivity contribution < 1.29 is 38.3 Å². The Kier molecular flexibility index (Phi) is 6.18. The van der Waals surface area contributed by atoms with Crippen molar-refractivity contribution in [3.8, 4) is 0 Å². The fourth-order valence-electron chi connectivity index (χ4n) is 3.90. The van der Waals surface area contributed by atoms with Crippen LogP contribution in [0.1, 0.15) is 41.5 Å². The van der Waals surface area contributed by atoms with Gasteiger partial charge in [-0.05, 0) is 41.5 Å². The van der Waals surface area contributed by atoms with E-state index in [4.69, 9.17) is 38.9 Å². The Hall–Kier alpha value is -0.360. The number of hydrogen-bond acceptors (Lipinski definition) is 9. The number of nitrogens with two attached hydrogens (primary N) is 1. The Labute approximate surface area is 160 Å². The van der Waals surface area contributed by atoms with Gasteiger partial charge in [-0.25, -0.2) is 0 Å². The average Bonchev–Trinajstić information content (AvgIpc) is 3.06. The molecule has 0 aliphatic carbocycles. The molecule has 158 valence electrons. The van der Waals surface area contributed by atoms with Crippen LogP contribution in [0.3, 0.4) is 0 Å². The molecule has 0 bridgehead atoms. The Morgan fingerprint density at radius 3 is 2.00 bits per heavy atom. The SMILES string of the molecule is CCOC(OCC)[C@H](N)[C@@H](O)[C@H]1O[C@@H]2OC(C)(C)O[C@@H]2[C@H]2OC(C)(C)O[C@H]21. The molecular weight excluding hydrogens is 358 g/mol. The third-order valence-electron chi connectivity index (χ3n) is 4.90. The summed E-state index contributed by atoms with van der Waals surface area (Å²) in [5.74, 6) is -1.66. The van der Waals surface area contributed by atoms with Crippen LogP contribution in [-0.2, 0) is 33.2 Å². The zero-order valence-corrected chi connectivity index (χ0v) is 16.9. The summed E-state index contributed by atoms with van der Waals surface area (Å²) < 4.78 is 41.0. The third-order valence-corrected chi connectivity index (χ3v) is 4.90. The van der Waals surface area contributed by atoms with E-state index in [0.717, 1.165) is 0 Å². The van der Waals surface area contributed by atoms with E-state index in [9.17, 15) is 5.11 Å². The molecule has 0 amide bonds. The molecule has 9 nitrogen and oxygen atoms in total. The monoisotopic (exact) mass is 391 g/mol. The smallest absolute Gasteiger partial charge is 0.190 e. The molecular formula is C18H33NO8. The van der Waals surface area contributed by atoms with E-state index in [-0.39, 0.29) is 0 Å². The van der Waals surface area contributed by atoms with Crippen molar-refractivity contribution in [2.24, 2.45) is 5.73 Å². The second-order valence-electron chi connectivity index (χ2n) is 7.98. The average molecular weight is 391 g/mol. The predicted octanol–water partition coefficient (Wildman–Crippen LogP) is 0.470. The molecule has 3 aliphatic heterocycles. The molecule has 7 atom stereocenters. The van der Waals surface area contributed by atoms with Crippen LogP contribution in [-0.4, -0.2) is 79.0 Å². The molecule has 3 rings (SSSR count). The molecule has 3 saturated heterocycles. The summed E-state index contributed by atoms with van der Waals surface area (Å²) in [6.07, 6.45) is -4.83. The zero-order valence-electron chi connectivity index (χ0n) is 16.9. The molecule has 3 N–H and O–H groups in total. The number of hydrogen-bond donors (Lipinski definition) is 2. The van der Waals surface area contributed by atoms with Crippen molar-refractivity contribution in [1.82, 2.24) is 0 Å². The van der Waals surface area contributed by atoms with Gasteiger partial charge in [-0.2, -0.15) is 0 Å². The van der Waals surface area contributed by atoms with Crippen LogP contribution in [0, 0.1) is 0 Å².